The van der Waals surface area contributed by atoms with Crippen molar-refractivity contribution in [2.24, 2.45) is 5.11 Å². The monoisotopic (exact) mass is 318 g/mol. The van der Waals surface area contributed by atoms with Gasteiger partial charge < -0.3 is 20.7 Å². The lowest BCUT2D eigenvalue weighted by molar-refractivity contribution is -0.144. The maximum absolute atomic E-state index is 14.2. The number of hydrogen-bond donors (Lipinski definition) is 3. The second-order valence-electron chi connectivity index (χ2n) is 4.70. The lowest BCUT2D eigenvalue weighted by Crippen LogP contribution is -2.51. The van der Waals surface area contributed by atoms with Gasteiger partial charge in [0, 0.05) is 11.1 Å². The number of aliphatic hydroxyl groups excluding tert-OH is 2. The summed E-state index contributed by atoms with van der Waals surface area (Å²) in [6.07, 6.45) is -3.80. The second kappa shape index (κ2) is 5.50. The van der Waals surface area contributed by atoms with Crippen molar-refractivity contribution in [3.8, 4) is 0 Å². The number of nitrogen functional groups attached to an aromatic ring is 1. The van der Waals surface area contributed by atoms with Crippen LogP contribution in [-0.2, 0) is 4.74 Å². The Labute approximate surface area is 121 Å². The van der Waals surface area contributed by atoms with Crippen LogP contribution in [0.1, 0.15) is 6.23 Å². The molecular weight excluding hydrogens is 306 g/mol. The van der Waals surface area contributed by atoms with E-state index in [1.807, 2.05) is 0 Å². The molecule has 0 aromatic carbocycles. The number of halogens is 2. The number of anilines is 1. The highest BCUT2D eigenvalue weighted by molar-refractivity contribution is 5.24. The van der Waals surface area contributed by atoms with E-state index in [1.165, 1.54) is 0 Å². The Balaban J connectivity index is 2.49. The summed E-state index contributed by atoms with van der Waals surface area (Å²) < 4.78 is 33.9. The third kappa shape index (κ3) is 2.37. The van der Waals surface area contributed by atoms with Crippen LogP contribution in [0, 0.1) is 0 Å². The molecule has 1 fully saturated rings. The molecule has 4 N–H and O–H groups in total. The van der Waals surface area contributed by atoms with Gasteiger partial charge in [0.2, 0.25) is 6.23 Å². The summed E-state index contributed by atoms with van der Waals surface area (Å²) in [7, 11) is 0. The van der Waals surface area contributed by atoms with Crippen LogP contribution in [0.3, 0.4) is 0 Å². The molecule has 0 bridgehead atoms. The first-order chi connectivity index (χ1) is 10.3. The number of hydrogen-bond acceptors (Lipinski definition) is 7. The van der Waals surface area contributed by atoms with Crippen molar-refractivity contribution >= 4 is 5.82 Å². The van der Waals surface area contributed by atoms with Crippen LogP contribution in [-0.4, -0.2) is 50.5 Å². The Morgan fingerprint density at radius 3 is 2.86 bits per heavy atom. The highest BCUT2D eigenvalue weighted by Crippen LogP contribution is 2.47. The van der Waals surface area contributed by atoms with Gasteiger partial charge in [-0.05, 0) is 11.6 Å². The molecule has 10 nitrogen and oxygen atoms in total. The van der Waals surface area contributed by atoms with Gasteiger partial charge in [0.1, 0.15) is 11.4 Å². The highest BCUT2D eigenvalue weighted by atomic mass is 19.3. The van der Waals surface area contributed by atoms with E-state index in [0.29, 0.717) is 4.57 Å². The van der Waals surface area contributed by atoms with Crippen LogP contribution < -0.4 is 11.4 Å². The molecule has 2 rings (SSSR count). The van der Waals surface area contributed by atoms with E-state index < -0.39 is 42.7 Å². The molecule has 1 aliphatic heterocycles. The fourth-order valence-electron chi connectivity index (χ4n) is 2.15. The van der Waals surface area contributed by atoms with Crippen LogP contribution in [0.5, 0.6) is 0 Å². The van der Waals surface area contributed by atoms with Crippen molar-refractivity contribution in [2.45, 2.75) is 23.9 Å². The van der Waals surface area contributed by atoms with E-state index >= 15 is 0 Å². The number of ether oxygens (including phenoxy) is 1. The van der Waals surface area contributed by atoms with Crippen LogP contribution in [0.15, 0.2) is 22.2 Å². The third-order valence-corrected chi connectivity index (χ3v) is 3.31. The summed E-state index contributed by atoms with van der Waals surface area (Å²) in [5, 5.41) is 22.1. The Hall–Kier alpha value is -2.27. The molecule has 0 saturated carbocycles. The molecule has 1 saturated heterocycles. The fourth-order valence-corrected chi connectivity index (χ4v) is 2.15. The summed E-state index contributed by atoms with van der Waals surface area (Å²) in [5.74, 6) is -4.11. The first-order valence-electron chi connectivity index (χ1n) is 5.98. The molecule has 1 aliphatic rings. The summed E-state index contributed by atoms with van der Waals surface area (Å²) in [4.78, 5) is 17.3. The maximum Gasteiger partial charge on any atom is 0.351 e. The van der Waals surface area contributed by atoms with Gasteiger partial charge in [-0.2, -0.15) is 13.8 Å². The Bertz CT molecular complexity index is 676. The quantitative estimate of drug-likeness (QED) is 0.381. The maximum atomic E-state index is 14.2. The number of nitrogens with two attached hydrogens (primary N) is 1. The van der Waals surface area contributed by atoms with Crippen molar-refractivity contribution in [1.82, 2.24) is 9.55 Å². The molecule has 12 heteroatoms. The third-order valence-electron chi connectivity index (χ3n) is 3.31. The lowest BCUT2D eigenvalue weighted by atomic mass is 9.95. The fraction of sp³-hybridized carbons (Fsp3) is 0.600. The Morgan fingerprint density at radius 2 is 2.32 bits per heavy atom. The zero-order valence-corrected chi connectivity index (χ0v) is 11.0. The van der Waals surface area contributed by atoms with Gasteiger partial charge in [-0.25, -0.2) is 4.79 Å². The van der Waals surface area contributed by atoms with Crippen LogP contribution in [0.2, 0.25) is 0 Å². The average molecular weight is 318 g/mol. The number of alkyl halides is 2. The first kappa shape index (κ1) is 16.1. The van der Waals surface area contributed by atoms with Crippen LogP contribution >= 0.6 is 0 Å². The molecule has 1 unspecified atom stereocenters. The van der Waals surface area contributed by atoms with Gasteiger partial charge in [-0.1, -0.05) is 5.11 Å². The summed E-state index contributed by atoms with van der Waals surface area (Å²) in [6.45, 7) is -1.79. The van der Waals surface area contributed by atoms with E-state index in [-0.39, 0.29) is 5.82 Å². The molecule has 120 valence electrons. The predicted molar refractivity (Wildman–Crippen MR) is 67.8 cm³/mol. The number of aromatic nitrogens is 2. The molecule has 1 aromatic rings. The zero-order chi connectivity index (χ0) is 16.5. The smallest absolute Gasteiger partial charge is 0.351 e. The van der Waals surface area contributed by atoms with Gasteiger partial charge >= 0.3 is 11.6 Å². The molecule has 0 spiro atoms. The Kier molecular flexibility index (Phi) is 4.02. The molecule has 1 aromatic heterocycles. The van der Waals surface area contributed by atoms with E-state index in [0.717, 1.165) is 12.3 Å². The number of nitrogens with zero attached hydrogens (tertiary/aromatic N) is 5. The lowest BCUT2D eigenvalue weighted by Gasteiger charge is -2.27. The highest BCUT2D eigenvalue weighted by Gasteiger charge is 2.66. The van der Waals surface area contributed by atoms with Gasteiger partial charge in [0.15, 0.2) is 6.10 Å². The molecular formula is C10H12F2N6O4. The number of azide groups is 1. The topological polar surface area (TPSA) is 159 Å². The minimum atomic E-state index is -3.94. The summed E-state index contributed by atoms with van der Waals surface area (Å²) >= 11 is 0. The van der Waals surface area contributed by atoms with Crippen molar-refractivity contribution in [3.05, 3.63) is 33.2 Å². The second-order valence-corrected chi connectivity index (χ2v) is 4.70. The molecule has 22 heavy (non-hydrogen) atoms. The number of rotatable bonds is 4. The van der Waals surface area contributed by atoms with Crippen LogP contribution in [0.25, 0.3) is 10.4 Å². The van der Waals surface area contributed by atoms with Crippen molar-refractivity contribution < 1.29 is 23.7 Å². The van der Waals surface area contributed by atoms with Crippen molar-refractivity contribution in [2.75, 3.05) is 18.9 Å². The SMILES string of the molecule is [N-]=[N+]=NC[C@]1(CO)OC(n2ccc(N)nc2=O)C(F)(F)[C@@H]1O. The van der Waals surface area contributed by atoms with Crippen molar-refractivity contribution in [3.63, 3.8) is 0 Å². The number of aliphatic hydroxyl groups is 2. The predicted octanol–water partition coefficient (Wildman–Crippen LogP) is -0.608. The largest absolute Gasteiger partial charge is 0.393 e. The van der Waals surface area contributed by atoms with Crippen molar-refractivity contribution in [1.29, 1.82) is 0 Å². The normalized spacial score (nSPS) is 30.0. The molecule has 3 atom stereocenters. The standard InChI is InChI=1S/C10H12F2N6O4/c11-10(12)6(20)9(4-19,3-15-17-14)22-7(10)18-2-1-5(13)16-8(18)21/h1-2,6-7,19-20H,3-4H2,(H2,13,16,21)/t6-,7?,9-/m1/s1. The van der Waals surface area contributed by atoms with Gasteiger partial charge in [-0.15, -0.1) is 0 Å². The minimum absolute atomic E-state index is 0.175. The molecule has 0 radical (unpaired) electrons. The average Bonchev–Trinajstić information content (AvgIpc) is 2.67. The molecule has 0 amide bonds. The minimum Gasteiger partial charge on any atom is -0.393 e. The summed E-state index contributed by atoms with van der Waals surface area (Å²) in [5.41, 5.74) is 10.2. The van der Waals surface area contributed by atoms with E-state index in [4.69, 9.17) is 16.0 Å². The van der Waals surface area contributed by atoms with E-state index in [1.54, 1.807) is 0 Å². The molecule has 2 heterocycles. The first-order valence-corrected chi connectivity index (χ1v) is 5.98. The van der Waals surface area contributed by atoms with E-state index in [2.05, 4.69) is 15.0 Å². The summed E-state index contributed by atoms with van der Waals surface area (Å²) in [6, 6.07) is 1.10. The zero-order valence-electron chi connectivity index (χ0n) is 11.0. The van der Waals surface area contributed by atoms with Crippen LogP contribution in [0.4, 0.5) is 14.6 Å². The van der Waals surface area contributed by atoms with Gasteiger partial charge in [0.25, 0.3) is 0 Å². The Morgan fingerprint density at radius 1 is 1.64 bits per heavy atom. The van der Waals surface area contributed by atoms with E-state index in [9.17, 15) is 23.8 Å². The van der Waals surface area contributed by atoms with Gasteiger partial charge in [-0.3, -0.25) is 4.57 Å². The van der Waals surface area contributed by atoms with Gasteiger partial charge in [0.05, 0.1) is 13.2 Å². The molecule has 0 aliphatic carbocycles.